The predicted octanol–water partition coefficient (Wildman–Crippen LogP) is 0.671. The van der Waals surface area contributed by atoms with Crippen LogP contribution in [-0.4, -0.2) is 42.2 Å². The first-order valence-corrected chi connectivity index (χ1v) is 8.61. The number of aliphatic hydroxyl groups is 1. The van der Waals surface area contributed by atoms with Crippen molar-refractivity contribution >= 4 is 27.3 Å². The summed E-state index contributed by atoms with van der Waals surface area (Å²) in [5, 5.41) is 18.3. The van der Waals surface area contributed by atoms with Gasteiger partial charge in [-0.05, 0) is 31.6 Å². The van der Waals surface area contributed by atoms with Crippen molar-refractivity contribution in [3.05, 3.63) is 11.2 Å². The second-order valence-electron chi connectivity index (χ2n) is 4.82. The molecule has 0 radical (unpaired) electrons. The molecule has 1 aliphatic carbocycles. The van der Waals surface area contributed by atoms with Crippen molar-refractivity contribution in [3.63, 3.8) is 0 Å². The Labute approximate surface area is 120 Å². The summed E-state index contributed by atoms with van der Waals surface area (Å²) in [7, 11) is -3.84. The van der Waals surface area contributed by atoms with Gasteiger partial charge in [0.1, 0.15) is 0 Å². The van der Waals surface area contributed by atoms with Crippen molar-refractivity contribution in [1.29, 1.82) is 0 Å². The first-order chi connectivity index (χ1) is 9.40. The molecule has 0 bridgehead atoms. The maximum absolute atomic E-state index is 12.1. The molecule has 2 rings (SSSR count). The molecule has 1 fully saturated rings. The van der Waals surface area contributed by atoms with Crippen molar-refractivity contribution < 1.29 is 23.4 Å². The topological polar surface area (TPSA) is 117 Å². The second-order valence-corrected chi connectivity index (χ2v) is 7.64. The van der Waals surface area contributed by atoms with E-state index < -0.39 is 21.7 Å². The third-order valence-electron chi connectivity index (χ3n) is 3.36. The Hall–Kier alpha value is -1.03. The van der Waals surface area contributed by atoms with Crippen LogP contribution in [0.5, 0.6) is 0 Å². The van der Waals surface area contributed by atoms with Crippen molar-refractivity contribution in [1.82, 2.24) is 9.71 Å². The van der Waals surface area contributed by atoms with E-state index in [9.17, 15) is 18.3 Å². The van der Waals surface area contributed by atoms with Crippen LogP contribution in [0.2, 0.25) is 0 Å². The maximum Gasteiger partial charge on any atom is 0.356 e. The van der Waals surface area contributed by atoms with E-state index in [1.54, 1.807) is 0 Å². The van der Waals surface area contributed by atoms with Crippen LogP contribution >= 0.6 is 11.3 Å². The highest BCUT2D eigenvalue weighted by Gasteiger charge is 2.27. The normalized spacial score (nSPS) is 23.6. The van der Waals surface area contributed by atoms with Crippen LogP contribution in [-0.2, 0) is 10.0 Å². The molecule has 1 saturated carbocycles. The molecule has 0 saturated heterocycles. The minimum atomic E-state index is -3.84. The number of carbonyl (C=O) groups is 1. The molecule has 112 valence electrons. The Morgan fingerprint density at radius 3 is 2.65 bits per heavy atom. The van der Waals surface area contributed by atoms with E-state index in [0.29, 0.717) is 12.8 Å². The first kappa shape index (κ1) is 15.4. The smallest absolute Gasteiger partial charge is 0.356 e. The number of carboxylic acids is 1. The van der Waals surface area contributed by atoms with Gasteiger partial charge >= 0.3 is 5.97 Å². The van der Waals surface area contributed by atoms with Crippen LogP contribution < -0.4 is 4.72 Å². The van der Waals surface area contributed by atoms with Crippen LogP contribution in [0.15, 0.2) is 9.72 Å². The average molecular weight is 320 g/mol. The fourth-order valence-electron chi connectivity index (χ4n) is 2.21. The Bertz CT molecular complexity index is 575. The molecule has 3 N–H and O–H groups in total. The van der Waals surface area contributed by atoms with Gasteiger partial charge in [0, 0.05) is 6.54 Å². The highest BCUT2D eigenvalue weighted by atomic mass is 32.2. The van der Waals surface area contributed by atoms with Crippen LogP contribution in [0.4, 0.5) is 0 Å². The Balaban J connectivity index is 2.01. The fourth-order valence-corrected chi connectivity index (χ4v) is 4.51. The van der Waals surface area contributed by atoms with Gasteiger partial charge in [-0.1, -0.05) is 0 Å². The quantitative estimate of drug-likeness (QED) is 0.734. The highest BCUT2D eigenvalue weighted by molar-refractivity contribution is 7.91. The number of carboxylic acid groups (broad SMARTS) is 1. The SMILES string of the molecule is O=C(O)c1ncsc1S(=O)(=O)NCC1CCC(O)CC1. The molecule has 1 aromatic heterocycles. The predicted molar refractivity (Wildman–Crippen MR) is 72.2 cm³/mol. The lowest BCUT2D eigenvalue weighted by Crippen LogP contribution is -2.32. The van der Waals surface area contributed by atoms with Gasteiger partial charge in [-0.15, -0.1) is 11.3 Å². The third-order valence-corrected chi connectivity index (χ3v) is 6.15. The van der Waals surface area contributed by atoms with Crippen molar-refractivity contribution in [2.24, 2.45) is 5.92 Å². The van der Waals surface area contributed by atoms with Crippen molar-refractivity contribution in [3.8, 4) is 0 Å². The lowest BCUT2D eigenvalue weighted by Gasteiger charge is -2.25. The Morgan fingerprint density at radius 2 is 2.05 bits per heavy atom. The summed E-state index contributed by atoms with van der Waals surface area (Å²) >= 11 is 0.789. The summed E-state index contributed by atoms with van der Waals surface area (Å²) in [5.74, 6) is -1.18. The van der Waals surface area contributed by atoms with E-state index in [0.717, 1.165) is 24.2 Å². The van der Waals surface area contributed by atoms with Gasteiger partial charge < -0.3 is 10.2 Å². The number of nitrogens with one attached hydrogen (secondary N) is 1. The molecule has 0 aliphatic heterocycles. The van der Waals surface area contributed by atoms with E-state index in [1.165, 1.54) is 5.51 Å². The Morgan fingerprint density at radius 1 is 1.40 bits per heavy atom. The van der Waals surface area contributed by atoms with Crippen LogP contribution in [0.3, 0.4) is 0 Å². The number of sulfonamides is 1. The zero-order chi connectivity index (χ0) is 14.8. The minimum Gasteiger partial charge on any atom is -0.476 e. The number of aromatic carboxylic acids is 1. The molecule has 0 atom stereocenters. The summed E-state index contributed by atoms with van der Waals surface area (Å²) in [6.07, 6.45) is 2.58. The lowest BCUT2D eigenvalue weighted by molar-refractivity contribution is 0.0687. The summed E-state index contributed by atoms with van der Waals surface area (Å²) in [6, 6.07) is 0. The number of hydrogen-bond donors (Lipinski definition) is 3. The molecule has 0 aromatic carbocycles. The standard InChI is InChI=1S/C11H16N2O5S2/c14-8-3-1-7(2-4-8)5-13-20(17,18)11-9(10(15)16)12-6-19-11/h6-8,13-14H,1-5H2,(H,15,16). The van der Waals surface area contributed by atoms with Crippen molar-refractivity contribution in [2.75, 3.05) is 6.54 Å². The van der Waals surface area contributed by atoms with Gasteiger partial charge in [0.15, 0.2) is 9.90 Å². The number of rotatable bonds is 5. The molecule has 0 amide bonds. The Kier molecular flexibility index (Phi) is 4.74. The number of nitrogens with zero attached hydrogens (tertiary/aromatic N) is 1. The zero-order valence-corrected chi connectivity index (χ0v) is 12.3. The summed E-state index contributed by atoms with van der Waals surface area (Å²) in [5.41, 5.74) is 0.760. The molecule has 1 aromatic rings. The van der Waals surface area contributed by atoms with Gasteiger partial charge in [-0.25, -0.2) is 22.9 Å². The molecular formula is C11H16N2O5S2. The number of thiazole rings is 1. The summed E-state index contributed by atoms with van der Waals surface area (Å²) in [4.78, 5) is 14.4. The fraction of sp³-hybridized carbons (Fsp3) is 0.636. The van der Waals surface area contributed by atoms with Gasteiger partial charge in [0.05, 0.1) is 11.6 Å². The van der Waals surface area contributed by atoms with Crippen molar-refractivity contribution in [2.45, 2.75) is 36.0 Å². The number of aromatic nitrogens is 1. The molecule has 0 unspecified atom stereocenters. The number of hydrogen-bond acceptors (Lipinski definition) is 6. The monoisotopic (exact) mass is 320 g/mol. The highest BCUT2D eigenvalue weighted by Crippen LogP contribution is 2.25. The van der Waals surface area contributed by atoms with Gasteiger partial charge in [-0.2, -0.15) is 0 Å². The summed E-state index contributed by atoms with van der Waals surface area (Å²) in [6.45, 7) is 0.256. The van der Waals surface area contributed by atoms with E-state index in [1.807, 2.05) is 0 Å². The van der Waals surface area contributed by atoms with Gasteiger partial charge in [0.25, 0.3) is 10.0 Å². The van der Waals surface area contributed by atoms with Gasteiger partial charge in [0.2, 0.25) is 0 Å². The third kappa shape index (κ3) is 3.54. The van der Waals surface area contributed by atoms with Crippen LogP contribution in [0.25, 0.3) is 0 Å². The van der Waals surface area contributed by atoms with E-state index >= 15 is 0 Å². The average Bonchev–Trinajstić information content (AvgIpc) is 2.88. The molecule has 1 aliphatic rings. The molecule has 1 heterocycles. The summed E-state index contributed by atoms with van der Waals surface area (Å²) < 4.78 is 26.3. The zero-order valence-electron chi connectivity index (χ0n) is 10.7. The molecule has 0 spiro atoms. The van der Waals surface area contributed by atoms with Crippen LogP contribution in [0.1, 0.15) is 36.2 Å². The van der Waals surface area contributed by atoms with Crippen LogP contribution in [0, 0.1) is 5.92 Å². The van der Waals surface area contributed by atoms with E-state index in [-0.39, 0.29) is 22.8 Å². The lowest BCUT2D eigenvalue weighted by atomic mass is 9.88. The largest absolute Gasteiger partial charge is 0.476 e. The molecule has 9 heteroatoms. The minimum absolute atomic E-state index is 0.175. The second kappa shape index (κ2) is 6.17. The number of aliphatic hydroxyl groups excluding tert-OH is 1. The van der Waals surface area contributed by atoms with Gasteiger partial charge in [-0.3, -0.25) is 0 Å². The molecule has 7 nitrogen and oxygen atoms in total. The van der Waals surface area contributed by atoms with E-state index in [2.05, 4.69) is 9.71 Å². The first-order valence-electron chi connectivity index (χ1n) is 6.24. The molecule has 20 heavy (non-hydrogen) atoms. The molecular weight excluding hydrogens is 304 g/mol. The van der Waals surface area contributed by atoms with E-state index in [4.69, 9.17) is 5.11 Å². The maximum atomic E-state index is 12.1.